The van der Waals surface area contributed by atoms with Crippen molar-refractivity contribution in [2.75, 3.05) is 20.7 Å². The number of allylic oxidation sites excluding steroid dienone is 1. The number of ether oxygens (including phenoxy) is 2. The molecule has 54 heavy (non-hydrogen) atoms. The number of aryl methyl sites for hydroxylation is 1. The van der Waals surface area contributed by atoms with E-state index < -0.39 is 50.6 Å². The van der Waals surface area contributed by atoms with Gasteiger partial charge in [0.15, 0.2) is 0 Å². The summed E-state index contributed by atoms with van der Waals surface area (Å²) in [7, 11) is -0.493. The zero-order chi connectivity index (χ0) is 38.4. The third-order valence-corrected chi connectivity index (χ3v) is 13.7. The molecule has 3 saturated carbocycles. The Balaban J connectivity index is 1.22. The van der Waals surface area contributed by atoms with Gasteiger partial charge >= 0.3 is 0 Å². The lowest BCUT2D eigenvalue weighted by atomic mass is 9.95. The predicted octanol–water partition coefficient (Wildman–Crippen LogP) is 5.26. The number of rotatable bonds is 8. The first-order chi connectivity index (χ1) is 25.8. The summed E-state index contributed by atoms with van der Waals surface area (Å²) in [5, 5.41) is 5.96. The van der Waals surface area contributed by atoms with E-state index in [4.69, 9.17) is 19.4 Å². The summed E-state index contributed by atoms with van der Waals surface area (Å²) in [5.74, 6) is 4.28. The van der Waals surface area contributed by atoms with E-state index in [1.165, 1.54) is 11.3 Å². The molecule has 3 amide bonds. The molecule has 286 valence electrons. The number of methoxy groups -OCH3 is 1. The van der Waals surface area contributed by atoms with Crippen LogP contribution in [0.4, 0.5) is 0 Å². The Hall–Kier alpha value is -4.48. The van der Waals surface area contributed by atoms with Crippen LogP contribution in [0.15, 0.2) is 35.7 Å². The van der Waals surface area contributed by atoms with Crippen LogP contribution in [0.25, 0.3) is 21.6 Å². The van der Waals surface area contributed by atoms with E-state index in [1.54, 1.807) is 19.1 Å². The molecule has 4 aliphatic rings. The van der Waals surface area contributed by atoms with Crippen molar-refractivity contribution in [3.05, 3.63) is 47.0 Å². The summed E-state index contributed by atoms with van der Waals surface area (Å²) in [5.41, 5.74) is 1.79. The number of nitrogens with zero attached hydrogens (tertiary/aromatic N) is 3. The van der Waals surface area contributed by atoms with Crippen LogP contribution in [0, 0.1) is 36.5 Å². The van der Waals surface area contributed by atoms with Gasteiger partial charge < -0.3 is 19.7 Å². The van der Waals surface area contributed by atoms with Gasteiger partial charge in [0.1, 0.15) is 33.8 Å². The van der Waals surface area contributed by atoms with Gasteiger partial charge in [-0.05, 0) is 82.3 Å². The van der Waals surface area contributed by atoms with Gasteiger partial charge in [-0.1, -0.05) is 31.9 Å². The Morgan fingerprint density at radius 1 is 1.15 bits per heavy atom. The van der Waals surface area contributed by atoms with Crippen molar-refractivity contribution in [1.29, 1.82) is 0 Å². The first kappa shape index (κ1) is 37.8. The Morgan fingerprint density at radius 2 is 1.94 bits per heavy atom. The minimum Gasteiger partial charge on any atom is -0.496 e. The van der Waals surface area contributed by atoms with Crippen molar-refractivity contribution in [3.8, 4) is 34.0 Å². The fraction of sp³-hybridized carbons (Fsp3) is 0.525. The molecule has 1 aromatic carbocycles. The first-order valence-corrected chi connectivity index (χ1v) is 21.1. The number of benzene rings is 1. The van der Waals surface area contributed by atoms with Crippen molar-refractivity contribution in [1.82, 2.24) is 24.9 Å². The highest BCUT2D eigenvalue weighted by Crippen LogP contribution is 2.47. The number of thiazole rings is 1. The molecule has 3 heterocycles. The fourth-order valence-electron chi connectivity index (χ4n) is 7.39. The summed E-state index contributed by atoms with van der Waals surface area (Å²) in [6.45, 7) is 6.67. The van der Waals surface area contributed by atoms with Crippen molar-refractivity contribution in [2.24, 2.45) is 17.8 Å². The summed E-state index contributed by atoms with van der Waals surface area (Å²) in [4.78, 5) is 52.5. The minimum atomic E-state index is -3.84. The minimum absolute atomic E-state index is 0.251. The molecule has 12 nitrogen and oxygen atoms in total. The zero-order valence-corrected chi connectivity index (χ0v) is 32.9. The number of sulfonamides is 1. The van der Waals surface area contributed by atoms with Gasteiger partial charge in [-0.2, -0.15) is 0 Å². The van der Waals surface area contributed by atoms with Gasteiger partial charge in [0.2, 0.25) is 15.9 Å². The fourth-order valence-corrected chi connectivity index (χ4v) is 9.70. The van der Waals surface area contributed by atoms with E-state index >= 15 is 0 Å². The summed E-state index contributed by atoms with van der Waals surface area (Å²) in [6, 6.07) is 5.66. The molecule has 3 fully saturated rings. The van der Waals surface area contributed by atoms with E-state index in [9.17, 15) is 22.8 Å². The highest BCUT2D eigenvalue weighted by molar-refractivity contribution is 7.91. The Morgan fingerprint density at radius 3 is 2.67 bits per heavy atom. The number of fused-ring (bicyclic) bond motifs is 3. The number of hydrogen-bond donors (Lipinski definition) is 2. The van der Waals surface area contributed by atoms with Gasteiger partial charge in [-0.15, -0.1) is 11.3 Å². The lowest BCUT2D eigenvalue weighted by Gasteiger charge is -2.22. The third-order valence-electron chi connectivity index (χ3n) is 11.0. The lowest BCUT2D eigenvalue weighted by Crippen LogP contribution is -2.53. The lowest BCUT2D eigenvalue weighted by molar-refractivity contribution is -0.132. The average molecular weight is 774 g/mol. The van der Waals surface area contributed by atoms with Gasteiger partial charge in [0, 0.05) is 47.8 Å². The summed E-state index contributed by atoms with van der Waals surface area (Å²) < 4.78 is 40.3. The molecule has 0 saturated heterocycles. The highest BCUT2D eigenvalue weighted by atomic mass is 32.2. The maximum Gasteiger partial charge on any atom is 0.298 e. The van der Waals surface area contributed by atoms with Crippen LogP contribution in [0.2, 0.25) is 0 Å². The van der Waals surface area contributed by atoms with Crippen LogP contribution in [-0.2, 0) is 24.4 Å². The average Bonchev–Trinajstić information content (AvgIpc) is 4.01. The van der Waals surface area contributed by atoms with Gasteiger partial charge in [-0.25, -0.2) is 18.4 Å². The number of carbonyl (C=O) groups is 3. The number of hydrogen-bond acceptors (Lipinski definition) is 10. The molecular weight excluding hydrogens is 727 g/mol. The quantitative estimate of drug-likeness (QED) is 0.230. The normalized spacial score (nSPS) is 26.1. The topological polar surface area (TPSA) is 157 Å². The van der Waals surface area contributed by atoms with Gasteiger partial charge in [0.05, 0.1) is 29.5 Å². The first-order valence-electron chi connectivity index (χ1n) is 18.7. The van der Waals surface area contributed by atoms with Crippen molar-refractivity contribution >= 4 is 50.0 Å². The Labute approximate surface area is 320 Å². The second-order valence-electron chi connectivity index (χ2n) is 15.3. The number of amides is 3. The molecule has 0 spiro atoms. The molecule has 5 unspecified atom stereocenters. The number of nitrogens with one attached hydrogen (secondary N) is 2. The van der Waals surface area contributed by atoms with Crippen molar-refractivity contribution in [3.63, 3.8) is 0 Å². The highest BCUT2D eigenvalue weighted by Gasteiger charge is 2.62. The van der Waals surface area contributed by atoms with Crippen LogP contribution < -0.4 is 19.5 Å². The standard InChI is InChI=1S/C40H47N5O7S2/c1-23(2)32-22-53-38(42-32)31-20-34(29-14-15-33(51-5)24(3)36(29)41-31)52-27-18-25-11-16-35(46)45(4)17-9-7-6-8-10-26-21-40(26,43-37(47)30(25)19-27)39(48)44-54(49,50)28-12-13-28/h8,10,14-15,20,22-23,25-28,30H,6-7,9,12-13,17-19,21H2,1-5H3,(H,43,47)(H,44,48). The van der Waals surface area contributed by atoms with E-state index in [0.717, 1.165) is 40.9 Å². The van der Waals surface area contributed by atoms with Crippen molar-refractivity contribution < 1.29 is 32.3 Å². The molecule has 3 aromatic rings. The van der Waals surface area contributed by atoms with E-state index in [1.807, 2.05) is 42.7 Å². The van der Waals surface area contributed by atoms with E-state index in [0.29, 0.717) is 48.5 Å². The maximum absolute atomic E-state index is 14.3. The maximum atomic E-state index is 14.3. The van der Waals surface area contributed by atoms with Gasteiger partial charge in [0.25, 0.3) is 11.8 Å². The second kappa shape index (κ2) is 15.0. The van der Waals surface area contributed by atoms with Crippen LogP contribution in [0.5, 0.6) is 11.5 Å². The number of aromatic nitrogens is 2. The molecule has 7 rings (SSSR count). The summed E-state index contributed by atoms with van der Waals surface area (Å²) in [6.07, 6.45) is 7.62. The molecule has 5 atom stereocenters. The van der Waals surface area contributed by atoms with Crippen LogP contribution in [0.3, 0.4) is 0 Å². The van der Waals surface area contributed by atoms with Gasteiger partial charge in [-0.3, -0.25) is 19.1 Å². The van der Waals surface area contributed by atoms with Crippen LogP contribution >= 0.6 is 11.3 Å². The summed E-state index contributed by atoms with van der Waals surface area (Å²) >= 11 is 1.51. The van der Waals surface area contributed by atoms with Crippen LogP contribution in [0.1, 0.15) is 82.4 Å². The van der Waals surface area contributed by atoms with E-state index in [-0.39, 0.29) is 30.6 Å². The molecule has 3 aliphatic carbocycles. The smallest absolute Gasteiger partial charge is 0.298 e. The van der Waals surface area contributed by atoms with Crippen molar-refractivity contribution in [2.45, 2.75) is 94.9 Å². The number of pyridine rings is 1. The second-order valence-corrected chi connectivity index (χ2v) is 18.1. The molecule has 1 aliphatic heterocycles. The molecule has 0 bridgehead atoms. The predicted molar refractivity (Wildman–Crippen MR) is 206 cm³/mol. The zero-order valence-electron chi connectivity index (χ0n) is 31.3. The Kier molecular flexibility index (Phi) is 10.5. The Bertz CT molecular complexity index is 2180. The third kappa shape index (κ3) is 7.71. The number of carbonyl (C=O) groups excluding carboxylic acids is 3. The molecule has 2 N–H and O–H groups in total. The SMILES string of the molecule is COc1ccc2c(OC3CC4C#CC(=O)N(C)CCCCC=CC5CC5(C(=O)NS(=O)(=O)C5CC5)NC(=O)C4C3)cc(-c3nc(C(C)C)cs3)nc2c1C. The molecule has 0 radical (unpaired) electrons. The van der Waals surface area contributed by atoms with Crippen LogP contribution in [-0.4, -0.2) is 78.6 Å². The molecular formula is C40H47N5O7S2. The molecule has 14 heteroatoms. The monoisotopic (exact) mass is 773 g/mol. The largest absolute Gasteiger partial charge is 0.496 e. The molecule has 2 aromatic heterocycles. The van der Waals surface area contributed by atoms with E-state index in [2.05, 4.69) is 35.7 Å².